The molecule has 8 heteroatoms. The Morgan fingerprint density at radius 1 is 1.17 bits per heavy atom. The molecule has 6 nitrogen and oxygen atoms in total. The van der Waals surface area contributed by atoms with Gasteiger partial charge in [-0.3, -0.25) is 0 Å². The van der Waals surface area contributed by atoms with Crippen LogP contribution in [0.4, 0.5) is 14.7 Å². The maximum Gasteiger partial charge on any atom is 0.252 e. The third-order valence-corrected chi connectivity index (χ3v) is 6.14. The lowest BCUT2D eigenvalue weighted by atomic mass is 9.88. The van der Waals surface area contributed by atoms with Gasteiger partial charge in [0, 0.05) is 54.0 Å². The third-order valence-electron chi connectivity index (χ3n) is 6.14. The Morgan fingerprint density at radius 2 is 1.89 bits per heavy atom. The average molecular weight is 497 g/mol. The van der Waals surface area contributed by atoms with Crippen LogP contribution in [-0.2, 0) is 0 Å². The van der Waals surface area contributed by atoms with Gasteiger partial charge in [0.05, 0.1) is 11.7 Å². The fourth-order valence-electron chi connectivity index (χ4n) is 4.16. The van der Waals surface area contributed by atoms with E-state index in [4.69, 9.17) is 0 Å². The van der Waals surface area contributed by atoms with E-state index in [9.17, 15) is 8.78 Å². The summed E-state index contributed by atoms with van der Waals surface area (Å²) in [6, 6.07) is 3.72. The summed E-state index contributed by atoms with van der Waals surface area (Å²) < 4.78 is 27.7. The standard InChI is InChI=1S/C19H16F2N6.C7H16.C2H6/c1-2-11-8-24-27-4-3-12(5-16(11)27)14-9-22-17-15(14)10-23-18(26-17)25-13-6-19(20,21)7-13;1-3-5-7-6-4-2;1-2/h2-5,8-10,13H,1,6-7H2,(H2,22,23,25,26);3-7H2,1-2H3;1-2H3. The van der Waals surface area contributed by atoms with Crippen LogP contribution in [0, 0.1) is 0 Å². The lowest BCUT2D eigenvalue weighted by Gasteiger charge is -2.35. The summed E-state index contributed by atoms with van der Waals surface area (Å²) in [4.78, 5) is 11.9. The maximum absolute atomic E-state index is 13.0. The van der Waals surface area contributed by atoms with E-state index in [1.54, 1.807) is 23.0 Å². The van der Waals surface area contributed by atoms with Crippen molar-refractivity contribution in [2.24, 2.45) is 0 Å². The number of rotatable bonds is 8. The summed E-state index contributed by atoms with van der Waals surface area (Å²) in [5, 5.41) is 8.12. The van der Waals surface area contributed by atoms with Crippen molar-refractivity contribution in [1.82, 2.24) is 24.6 Å². The van der Waals surface area contributed by atoms with Gasteiger partial charge in [-0.1, -0.05) is 72.5 Å². The Bertz CT molecular complexity index is 1250. The van der Waals surface area contributed by atoms with E-state index < -0.39 is 5.92 Å². The number of aromatic nitrogens is 5. The molecule has 4 heterocycles. The zero-order valence-electron chi connectivity index (χ0n) is 21.8. The number of fused-ring (bicyclic) bond motifs is 2. The molecule has 2 N–H and O–H groups in total. The number of H-pyrrole nitrogens is 1. The minimum absolute atomic E-state index is 0.179. The molecule has 0 saturated heterocycles. The van der Waals surface area contributed by atoms with Gasteiger partial charge in [-0.05, 0) is 17.7 Å². The SMILES string of the molecule is C=Cc1cnn2ccc(-c3c[nH]c4nc(NC5CC(F)(F)C5)ncc34)cc12.CC.CCCCCCC. The van der Waals surface area contributed by atoms with Gasteiger partial charge in [0.2, 0.25) is 5.95 Å². The first kappa shape index (κ1) is 27.3. The van der Waals surface area contributed by atoms with Crippen LogP contribution in [0.2, 0.25) is 0 Å². The topological polar surface area (TPSA) is 70.9 Å². The summed E-state index contributed by atoms with van der Waals surface area (Å²) >= 11 is 0. The number of nitrogens with one attached hydrogen (secondary N) is 2. The second-order valence-electron chi connectivity index (χ2n) is 8.87. The van der Waals surface area contributed by atoms with Crippen LogP contribution >= 0.6 is 0 Å². The fourth-order valence-corrected chi connectivity index (χ4v) is 4.16. The van der Waals surface area contributed by atoms with Crippen molar-refractivity contribution < 1.29 is 8.78 Å². The van der Waals surface area contributed by atoms with E-state index in [1.165, 1.54) is 32.1 Å². The van der Waals surface area contributed by atoms with Crippen LogP contribution in [0.3, 0.4) is 0 Å². The molecule has 4 aromatic rings. The van der Waals surface area contributed by atoms with Gasteiger partial charge in [-0.15, -0.1) is 0 Å². The van der Waals surface area contributed by atoms with Gasteiger partial charge in [0.1, 0.15) is 5.65 Å². The van der Waals surface area contributed by atoms with Crippen LogP contribution in [0.1, 0.15) is 78.2 Å². The van der Waals surface area contributed by atoms with E-state index in [0.717, 1.165) is 27.6 Å². The molecule has 1 aliphatic rings. The summed E-state index contributed by atoms with van der Waals surface area (Å²) in [6.45, 7) is 12.3. The summed E-state index contributed by atoms with van der Waals surface area (Å²) in [7, 11) is 0. The highest BCUT2D eigenvalue weighted by atomic mass is 19.3. The minimum Gasteiger partial charge on any atom is -0.351 e. The second kappa shape index (κ2) is 12.6. The van der Waals surface area contributed by atoms with Crippen LogP contribution in [-0.4, -0.2) is 36.5 Å². The van der Waals surface area contributed by atoms with Crippen LogP contribution < -0.4 is 5.32 Å². The Kier molecular flexibility index (Phi) is 9.56. The predicted octanol–water partition coefficient (Wildman–Crippen LogP) is 8.13. The molecule has 1 saturated carbocycles. The number of alkyl halides is 2. The van der Waals surface area contributed by atoms with Gasteiger partial charge in [0.15, 0.2) is 0 Å². The Labute approximate surface area is 212 Å². The van der Waals surface area contributed by atoms with E-state index in [0.29, 0.717) is 11.6 Å². The number of pyridine rings is 1. The molecule has 1 fully saturated rings. The van der Waals surface area contributed by atoms with Gasteiger partial charge in [-0.25, -0.2) is 18.3 Å². The van der Waals surface area contributed by atoms with E-state index >= 15 is 0 Å². The average Bonchev–Trinajstić information content (AvgIpc) is 3.48. The smallest absolute Gasteiger partial charge is 0.252 e. The minimum atomic E-state index is -2.57. The molecule has 0 spiro atoms. The summed E-state index contributed by atoms with van der Waals surface area (Å²) in [5.74, 6) is -2.21. The molecule has 5 rings (SSSR count). The lowest BCUT2D eigenvalue weighted by molar-refractivity contribution is -0.0794. The summed E-state index contributed by atoms with van der Waals surface area (Å²) in [6.07, 6.45) is 15.7. The number of unbranched alkanes of at least 4 members (excludes halogenated alkanes) is 4. The highest BCUT2D eigenvalue weighted by molar-refractivity contribution is 5.94. The van der Waals surface area contributed by atoms with Crippen molar-refractivity contribution in [2.75, 3.05) is 5.32 Å². The molecule has 4 aromatic heterocycles. The third kappa shape index (κ3) is 6.47. The predicted molar refractivity (Wildman–Crippen MR) is 146 cm³/mol. The molecule has 0 aliphatic heterocycles. The van der Waals surface area contributed by atoms with Crippen LogP contribution in [0.25, 0.3) is 33.8 Å². The molecular weight excluding hydrogens is 458 g/mol. The number of anilines is 1. The van der Waals surface area contributed by atoms with Crippen LogP contribution in [0.5, 0.6) is 0 Å². The van der Waals surface area contributed by atoms with Crippen LogP contribution in [0.15, 0.2) is 43.5 Å². The first-order chi connectivity index (χ1) is 17.4. The highest BCUT2D eigenvalue weighted by Crippen LogP contribution is 2.39. The number of hydrogen-bond donors (Lipinski definition) is 2. The second-order valence-corrected chi connectivity index (χ2v) is 8.87. The van der Waals surface area contributed by atoms with Crippen molar-refractivity contribution in [3.8, 4) is 11.1 Å². The van der Waals surface area contributed by atoms with E-state index in [1.807, 2.05) is 38.4 Å². The molecule has 0 radical (unpaired) electrons. The molecule has 0 atom stereocenters. The first-order valence-corrected chi connectivity index (χ1v) is 13.0. The zero-order chi connectivity index (χ0) is 26.1. The van der Waals surface area contributed by atoms with Gasteiger partial charge in [-0.2, -0.15) is 10.1 Å². The first-order valence-electron chi connectivity index (χ1n) is 13.0. The Balaban J connectivity index is 0.000000350. The van der Waals surface area contributed by atoms with E-state index in [-0.39, 0.29) is 18.9 Å². The Hall–Kier alpha value is -3.29. The van der Waals surface area contributed by atoms with Crippen molar-refractivity contribution in [3.05, 3.63) is 49.1 Å². The number of halogens is 2. The number of aromatic amines is 1. The molecule has 194 valence electrons. The van der Waals surface area contributed by atoms with Gasteiger partial charge >= 0.3 is 0 Å². The zero-order valence-corrected chi connectivity index (χ0v) is 21.8. The van der Waals surface area contributed by atoms with Crippen molar-refractivity contribution in [1.29, 1.82) is 0 Å². The number of hydrogen-bond acceptors (Lipinski definition) is 4. The Morgan fingerprint density at radius 3 is 2.53 bits per heavy atom. The van der Waals surface area contributed by atoms with Crippen molar-refractivity contribution >= 4 is 28.6 Å². The highest BCUT2D eigenvalue weighted by Gasteiger charge is 2.45. The lowest BCUT2D eigenvalue weighted by Crippen LogP contribution is -2.44. The largest absolute Gasteiger partial charge is 0.351 e. The number of nitrogens with zero attached hydrogens (tertiary/aromatic N) is 4. The van der Waals surface area contributed by atoms with Gasteiger partial charge in [0.25, 0.3) is 5.92 Å². The van der Waals surface area contributed by atoms with Crippen molar-refractivity contribution in [3.63, 3.8) is 0 Å². The fraction of sp³-hybridized carbons (Fsp3) is 0.464. The van der Waals surface area contributed by atoms with Gasteiger partial charge < -0.3 is 10.3 Å². The normalized spacial score (nSPS) is 14.4. The molecule has 0 aromatic carbocycles. The van der Waals surface area contributed by atoms with Crippen molar-refractivity contribution in [2.45, 2.75) is 84.6 Å². The maximum atomic E-state index is 13.0. The molecular formula is C28H38F2N6. The molecule has 0 amide bonds. The monoisotopic (exact) mass is 496 g/mol. The molecule has 1 aliphatic carbocycles. The molecule has 36 heavy (non-hydrogen) atoms. The molecule has 0 unspecified atom stereocenters. The van der Waals surface area contributed by atoms with E-state index in [2.05, 4.69) is 45.8 Å². The molecule has 0 bridgehead atoms. The quantitative estimate of drug-likeness (QED) is 0.242. The summed E-state index contributed by atoms with van der Waals surface area (Å²) in [5.41, 5.74) is 4.54.